The van der Waals surface area contributed by atoms with E-state index < -0.39 is 0 Å². The van der Waals surface area contributed by atoms with Crippen LogP contribution in [-0.2, 0) is 4.79 Å². The third-order valence-corrected chi connectivity index (χ3v) is 3.31. The number of nitrogens with two attached hydrogens (primary N) is 1. The normalized spacial score (nSPS) is 12.4. The summed E-state index contributed by atoms with van der Waals surface area (Å²) < 4.78 is 0. The molecule has 0 aliphatic heterocycles. The number of amides is 1. The van der Waals surface area contributed by atoms with E-state index in [1.165, 1.54) is 32.1 Å². The first-order chi connectivity index (χ1) is 8.74. The van der Waals surface area contributed by atoms with Gasteiger partial charge >= 0.3 is 0 Å². The molecule has 0 aromatic carbocycles. The van der Waals surface area contributed by atoms with E-state index >= 15 is 0 Å². The van der Waals surface area contributed by atoms with Crippen molar-refractivity contribution in [3.8, 4) is 0 Å². The molecule has 0 saturated carbocycles. The number of hydrogen-bond donors (Lipinski definition) is 2. The molecule has 0 saturated heterocycles. The number of rotatable bonds is 12. The molecule has 0 fully saturated rings. The maximum absolute atomic E-state index is 11.7. The molecule has 1 atom stereocenters. The van der Waals surface area contributed by atoms with Crippen LogP contribution in [0.2, 0.25) is 0 Å². The highest BCUT2D eigenvalue weighted by atomic mass is 16.1. The van der Waals surface area contributed by atoms with Crippen molar-refractivity contribution in [2.75, 3.05) is 6.54 Å². The highest BCUT2D eigenvalue weighted by molar-refractivity contribution is 5.76. The molecule has 3 nitrogen and oxygen atoms in total. The van der Waals surface area contributed by atoms with E-state index in [9.17, 15) is 4.79 Å². The standard InChI is InChI=1S/C15H32N2O/c1-3-5-7-8-9-10-12-15(18)17-14(13-16)11-6-4-2/h14H,3-13,16H2,1-2H3,(H,17,18). The third-order valence-electron chi connectivity index (χ3n) is 3.31. The Bertz CT molecular complexity index is 195. The zero-order valence-corrected chi connectivity index (χ0v) is 12.3. The number of unbranched alkanes of at least 4 members (excludes halogenated alkanes) is 6. The van der Waals surface area contributed by atoms with Gasteiger partial charge in [-0.3, -0.25) is 4.79 Å². The zero-order chi connectivity index (χ0) is 13.6. The molecule has 0 heterocycles. The average molecular weight is 256 g/mol. The summed E-state index contributed by atoms with van der Waals surface area (Å²) in [6.07, 6.45) is 11.3. The number of carbonyl (C=O) groups is 1. The van der Waals surface area contributed by atoms with Crippen molar-refractivity contribution >= 4 is 5.91 Å². The quantitative estimate of drug-likeness (QED) is 0.526. The van der Waals surface area contributed by atoms with E-state index in [1.54, 1.807) is 0 Å². The molecule has 0 spiro atoms. The van der Waals surface area contributed by atoms with Crippen molar-refractivity contribution in [1.82, 2.24) is 5.32 Å². The molecular formula is C15H32N2O. The number of nitrogens with one attached hydrogen (secondary N) is 1. The summed E-state index contributed by atoms with van der Waals surface area (Å²) >= 11 is 0. The lowest BCUT2D eigenvalue weighted by Crippen LogP contribution is -2.40. The highest BCUT2D eigenvalue weighted by Crippen LogP contribution is 2.07. The molecule has 3 heteroatoms. The van der Waals surface area contributed by atoms with Gasteiger partial charge in [-0.1, -0.05) is 58.8 Å². The van der Waals surface area contributed by atoms with Gasteiger partial charge in [0.05, 0.1) is 0 Å². The monoisotopic (exact) mass is 256 g/mol. The van der Waals surface area contributed by atoms with Gasteiger partial charge in [0, 0.05) is 19.0 Å². The van der Waals surface area contributed by atoms with Gasteiger partial charge in [0.2, 0.25) is 5.91 Å². The largest absolute Gasteiger partial charge is 0.352 e. The van der Waals surface area contributed by atoms with Gasteiger partial charge < -0.3 is 11.1 Å². The molecule has 3 N–H and O–H groups in total. The summed E-state index contributed by atoms with van der Waals surface area (Å²) in [7, 11) is 0. The Morgan fingerprint density at radius 1 is 1.00 bits per heavy atom. The van der Waals surface area contributed by atoms with Crippen LogP contribution < -0.4 is 11.1 Å². The molecule has 0 bridgehead atoms. The van der Waals surface area contributed by atoms with Crippen molar-refractivity contribution in [3.05, 3.63) is 0 Å². The molecule has 108 valence electrons. The maximum Gasteiger partial charge on any atom is 0.220 e. The van der Waals surface area contributed by atoms with Crippen LogP contribution in [0.1, 0.15) is 78.1 Å². The van der Waals surface area contributed by atoms with Crippen molar-refractivity contribution in [1.29, 1.82) is 0 Å². The molecule has 1 unspecified atom stereocenters. The van der Waals surface area contributed by atoms with Crippen LogP contribution in [0.15, 0.2) is 0 Å². The SMILES string of the molecule is CCCCCCCCC(=O)NC(CN)CCCC. The van der Waals surface area contributed by atoms with Crippen molar-refractivity contribution < 1.29 is 4.79 Å². The van der Waals surface area contributed by atoms with Crippen molar-refractivity contribution in [3.63, 3.8) is 0 Å². The minimum atomic E-state index is 0.178. The van der Waals surface area contributed by atoms with Gasteiger partial charge in [0.15, 0.2) is 0 Å². The minimum Gasteiger partial charge on any atom is -0.352 e. The van der Waals surface area contributed by atoms with Crippen LogP contribution in [0, 0.1) is 0 Å². The molecule has 18 heavy (non-hydrogen) atoms. The number of hydrogen-bond acceptors (Lipinski definition) is 2. The Balaban J connectivity index is 3.50. The second kappa shape index (κ2) is 12.9. The summed E-state index contributed by atoms with van der Waals surface area (Å²) in [5, 5.41) is 3.04. The first kappa shape index (κ1) is 17.4. The lowest BCUT2D eigenvalue weighted by Gasteiger charge is -2.16. The van der Waals surface area contributed by atoms with Crippen LogP contribution in [0.3, 0.4) is 0 Å². The summed E-state index contributed by atoms with van der Waals surface area (Å²) in [6, 6.07) is 0.178. The first-order valence-corrected chi connectivity index (χ1v) is 7.74. The average Bonchev–Trinajstić information content (AvgIpc) is 2.38. The molecule has 0 aliphatic carbocycles. The fourth-order valence-corrected chi connectivity index (χ4v) is 2.07. The Labute approximate surface area is 113 Å². The van der Waals surface area contributed by atoms with Gasteiger partial charge in [0.1, 0.15) is 0 Å². The van der Waals surface area contributed by atoms with Crippen LogP contribution >= 0.6 is 0 Å². The Kier molecular flexibility index (Phi) is 12.5. The molecule has 0 aliphatic rings. The molecule has 0 rings (SSSR count). The van der Waals surface area contributed by atoms with Crippen LogP contribution in [0.25, 0.3) is 0 Å². The van der Waals surface area contributed by atoms with Gasteiger partial charge in [0.25, 0.3) is 0 Å². The van der Waals surface area contributed by atoms with E-state index in [0.717, 1.165) is 25.7 Å². The maximum atomic E-state index is 11.7. The predicted molar refractivity (Wildman–Crippen MR) is 78.5 cm³/mol. The van der Waals surface area contributed by atoms with Crippen molar-refractivity contribution in [2.45, 2.75) is 84.1 Å². The lowest BCUT2D eigenvalue weighted by atomic mass is 10.1. The molecule has 0 aromatic rings. The third kappa shape index (κ3) is 10.6. The van der Waals surface area contributed by atoms with E-state index in [4.69, 9.17) is 5.73 Å². The van der Waals surface area contributed by atoms with Crippen LogP contribution in [0.5, 0.6) is 0 Å². The first-order valence-electron chi connectivity index (χ1n) is 7.74. The van der Waals surface area contributed by atoms with E-state index in [2.05, 4.69) is 19.2 Å². The van der Waals surface area contributed by atoms with Crippen LogP contribution in [0.4, 0.5) is 0 Å². The van der Waals surface area contributed by atoms with Gasteiger partial charge in [-0.05, 0) is 12.8 Å². The van der Waals surface area contributed by atoms with Gasteiger partial charge in [-0.25, -0.2) is 0 Å². The second-order valence-electron chi connectivity index (χ2n) is 5.16. The van der Waals surface area contributed by atoms with E-state index in [1.807, 2.05) is 0 Å². The summed E-state index contributed by atoms with van der Waals surface area (Å²) in [5.41, 5.74) is 5.66. The molecule has 0 aromatic heterocycles. The summed E-state index contributed by atoms with van der Waals surface area (Å²) in [5.74, 6) is 0.178. The van der Waals surface area contributed by atoms with E-state index in [0.29, 0.717) is 13.0 Å². The lowest BCUT2D eigenvalue weighted by molar-refractivity contribution is -0.121. The van der Waals surface area contributed by atoms with Gasteiger partial charge in [-0.15, -0.1) is 0 Å². The zero-order valence-electron chi connectivity index (χ0n) is 12.3. The number of carbonyl (C=O) groups excluding carboxylic acids is 1. The van der Waals surface area contributed by atoms with Gasteiger partial charge in [-0.2, -0.15) is 0 Å². The Morgan fingerprint density at radius 3 is 2.22 bits per heavy atom. The Morgan fingerprint density at radius 2 is 1.61 bits per heavy atom. The van der Waals surface area contributed by atoms with Crippen LogP contribution in [-0.4, -0.2) is 18.5 Å². The fraction of sp³-hybridized carbons (Fsp3) is 0.933. The second-order valence-corrected chi connectivity index (χ2v) is 5.16. The minimum absolute atomic E-state index is 0.178. The Hall–Kier alpha value is -0.570. The smallest absolute Gasteiger partial charge is 0.220 e. The van der Waals surface area contributed by atoms with E-state index in [-0.39, 0.29) is 11.9 Å². The fourth-order valence-electron chi connectivity index (χ4n) is 2.07. The molecule has 0 radical (unpaired) electrons. The highest BCUT2D eigenvalue weighted by Gasteiger charge is 2.09. The van der Waals surface area contributed by atoms with Crippen molar-refractivity contribution in [2.24, 2.45) is 5.73 Å². The molecular weight excluding hydrogens is 224 g/mol. The topological polar surface area (TPSA) is 55.1 Å². The predicted octanol–water partition coefficient (Wildman–Crippen LogP) is 3.37. The summed E-state index contributed by atoms with van der Waals surface area (Å²) in [4.78, 5) is 11.7. The molecule has 1 amide bonds. The summed E-state index contributed by atoms with van der Waals surface area (Å²) in [6.45, 7) is 4.94.